The number of hydrogen-bond acceptors (Lipinski definition) is 1. The molecule has 0 aliphatic heterocycles. The minimum absolute atomic E-state index is 0.372. The standard InChI is InChI=1S/C25H37N2Si/c1-19(22-12-10-9-11-13-22)16-20(2)24-15-14-23(17-25(24)26-4)27(5)18-21(3)28(6,7)8/h9-14,16,18,24-26H,2,5,15,17H2,1,3-4,6-8H3/q+1/b19-16+,21-18+. The van der Waals surface area contributed by atoms with Gasteiger partial charge in [0.25, 0.3) is 0 Å². The Kier molecular flexibility index (Phi) is 7.56. The highest BCUT2D eigenvalue weighted by atomic mass is 28.3. The van der Waals surface area contributed by atoms with Gasteiger partial charge in [0.15, 0.2) is 11.9 Å². The molecule has 0 amide bonds. The van der Waals surface area contributed by atoms with Crippen molar-refractivity contribution >= 4 is 20.4 Å². The zero-order valence-electron chi connectivity index (χ0n) is 18.5. The summed E-state index contributed by atoms with van der Waals surface area (Å²) in [5, 5.41) is 4.99. The first-order chi connectivity index (χ1) is 13.1. The number of hydrogen-bond donors (Lipinski definition) is 1. The van der Waals surface area contributed by atoms with E-state index in [0.717, 1.165) is 12.8 Å². The second-order valence-electron chi connectivity index (χ2n) is 8.94. The van der Waals surface area contributed by atoms with Gasteiger partial charge in [-0.2, -0.15) is 4.58 Å². The van der Waals surface area contributed by atoms with Gasteiger partial charge in [0.05, 0.1) is 8.07 Å². The normalized spacial score (nSPS) is 21.3. The molecule has 0 radical (unpaired) electrons. The predicted octanol–water partition coefficient (Wildman–Crippen LogP) is 6.02. The summed E-state index contributed by atoms with van der Waals surface area (Å²) in [6.07, 6.45) is 8.79. The van der Waals surface area contributed by atoms with Crippen molar-refractivity contribution in [3.8, 4) is 0 Å². The SMILES string of the molecule is C=C(/C=C(\C)c1ccccc1)C1CC=C([N+](=C)/C=C(\C)[Si](C)(C)C)CC1NC. The van der Waals surface area contributed by atoms with Crippen LogP contribution in [0.4, 0.5) is 0 Å². The monoisotopic (exact) mass is 393 g/mol. The van der Waals surface area contributed by atoms with Gasteiger partial charge in [0.2, 0.25) is 0 Å². The fourth-order valence-corrected chi connectivity index (χ4v) is 4.05. The summed E-state index contributed by atoms with van der Waals surface area (Å²) in [4.78, 5) is 0. The number of nitrogens with zero attached hydrogens (tertiary/aromatic N) is 1. The third-order valence-corrected chi connectivity index (χ3v) is 8.40. The Balaban J connectivity index is 2.17. The first-order valence-electron chi connectivity index (χ1n) is 10.2. The summed E-state index contributed by atoms with van der Waals surface area (Å²) in [5.74, 6) is 0.405. The lowest BCUT2D eigenvalue weighted by Crippen LogP contribution is -2.37. The van der Waals surface area contributed by atoms with E-state index < -0.39 is 8.07 Å². The molecule has 3 heteroatoms. The van der Waals surface area contributed by atoms with Gasteiger partial charge in [-0.15, -0.1) is 0 Å². The molecular formula is C25H37N2Si+. The Hall–Kier alpha value is -1.97. The van der Waals surface area contributed by atoms with Gasteiger partial charge in [-0.3, -0.25) is 0 Å². The Morgan fingerprint density at radius 3 is 2.39 bits per heavy atom. The van der Waals surface area contributed by atoms with Crippen LogP contribution in [-0.2, 0) is 0 Å². The van der Waals surface area contributed by atoms with E-state index in [4.69, 9.17) is 0 Å². The van der Waals surface area contributed by atoms with Gasteiger partial charge in [0.1, 0.15) is 6.72 Å². The van der Waals surface area contributed by atoms with E-state index in [2.05, 4.69) is 112 Å². The van der Waals surface area contributed by atoms with Crippen LogP contribution in [0.1, 0.15) is 32.3 Å². The number of allylic oxidation sites excluding steroid dienone is 4. The van der Waals surface area contributed by atoms with Crippen LogP contribution in [0, 0.1) is 5.92 Å². The Labute approximate surface area is 173 Å². The van der Waals surface area contributed by atoms with Gasteiger partial charge in [0, 0.05) is 18.4 Å². The van der Waals surface area contributed by atoms with Gasteiger partial charge < -0.3 is 5.32 Å². The Bertz CT molecular complexity index is 807. The van der Waals surface area contributed by atoms with Crippen molar-refractivity contribution < 1.29 is 4.58 Å². The van der Waals surface area contributed by atoms with Crippen molar-refractivity contribution in [3.63, 3.8) is 0 Å². The zero-order valence-corrected chi connectivity index (χ0v) is 19.5. The van der Waals surface area contributed by atoms with Crippen LogP contribution in [0.3, 0.4) is 0 Å². The highest BCUT2D eigenvalue weighted by molar-refractivity contribution is 6.82. The average Bonchev–Trinajstić information content (AvgIpc) is 2.67. The van der Waals surface area contributed by atoms with Crippen molar-refractivity contribution in [1.82, 2.24) is 5.32 Å². The van der Waals surface area contributed by atoms with Crippen molar-refractivity contribution in [3.05, 3.63) is 77.3 Å². The molecule has 1 aliphatic carbocycles. The maximum atomic E-state index is 4.41. The molecule has 0 fully saturated rings. The predicted molar refractivity (Wildman–Crippen MR) is 127 cm³/mol. The lowest BCUT2D eigenvalue weighted by Gasteiger charge is -2.30. The molecule has 150 valence electrons. The summed E-state index contributed by atoms with van der Waals surface area (Å²) >= 11 is 0. The molecule has 0 saturated carbocycles. The fourth-order valence-electron chi connectivity index (χ4n) is 3.51. The van der Waals surface area contributed by atoms with Crippen LogP contribution in [0.15, 0.2) is 71.7 Å². The lowest BCUT2D eigenvalue weighted by molar-refractivity contribution is -0.396. The molecule has 1 N–H and O–H groups in total. The maximum Gasteiger partial charge on any atom is 0.183 e. The van der Waals surface area contributed by atoms with Crippen LogP contribution < -0.4 is 5.32 Å². The molecule has 1 aromatic rings. The molecule has 0 aromatic heterocycles. The summed E-state index contributed by atoms with van der Waals surface area (Å²) in [7, 11) is 0.774. The van der Waals surface area contributed by atoms with E-state index in [-0.39, 0.29) is 0 Å². The molecule has 2 unspecified atom stereocenters. The minimum atomic E-state index is -1.28. The molecule has 0 saturated heterocycles. The third kappa shape index (κ3) is 5.76. The molecule has 2 atom stereocenters. The zero-order chi connectivity index (χ0) is 20.9. The molecule has 2 rings (SSSR count). The van der Waals surface area contributed by atoms with E-state index in [9.17, 15) is 0 Å². The van der Waals surface area contributed by atoms with Crippen molar-refractivity contribution in [2.24, 2.45) is 5.92 Å². The van der Waals surface area contributed by atoms with E-state index in [0.29, 0.717) is 12.0 Å². The van der Waals surface area contributed by atoms with Crippen molar-refractivity contribution in [1.29, 1.82) is 0 Å². The second kappa shape index (κ2) is 9.49. The first kappa shape index (κ1) is 22.3. The van der Waals surface area contributed by atoms with E-state index in [1.165, 1.54) is 27.6 Å². The molecule has 2 nitrogen and oxygen atoms in total. The molecule has 0 spiro atoms. The number of benzene rings is 1. The van der Waals surface area contributed by atoms with Gasteiger partial charge in [-0.25, -0.2) is 0 Å². The highest BCUT2D eigenvalue weighted by Gasteiger charge is 2.30. The molecule has 28 heavy (non-hydrogen) atoms. The number of nitrogens with one attached hydrogen (secondary N) is 1. The van der Waals surface area contributed by atoms with E-state index in [1.54, 1.807) is 0 Å². The average molecular weight is 394 g/mol. The summed E-state index contributed by atoms with van der Waals surface area (Å²) in [6, 6.07) is 10.9. The largest absolute Gasteiger partial charge is 0.316 e. The van der Waals surface area contributed by atoms with Crippen molar-refractivity contribution in [2.45, 2.75) is 52.4 Å². The summed E-state index contributed by atoms with van der Waals surface area (Å²) in [6.45, 7) is 20.2. The topological polar surface area (TPSA) is 15.0 Å². The molecular weight excluding hydrogens is 356 g/mol. The molecule has 0 bridgehead atoms. The molecule has 0 heterocycles. The minimum Gasteiger partial charge on any atom is -0.316 e. The van der Waals surface area contributed by atoms with Crippen LogP contribution in [0.2, 0.25) is 19.6 Å². The lowest BCUT2D eigenvalue weighted by atomic mass is 9.81. The van der Waals surface area contributed by atoms with Gasteiger partial charge >= 0.3 is 0 Å². The molecule has 1 aromatic carbocycles. The van der Waals surface area contributed by atoms with Crippen LogP contribution in [-0.4, -0.2) is 32.5 Å². The van der Waals surface area contributed by atoms with E-state index >= 15 is 0 Å². The summed E-state index contributed by atoms with van der Waals surface area (Å²) < 4.78 is 2.09. The van der Waals surface area contributed by atoms with Crippen molar-refractivity contribution in [2.75, 3.05) is 7.05 Å². The molecule has 1 aliphatic rings. The first-order valence-corrected chi connectivity index (χ1v) is 13.7. The van der Waals surface area contributed by atoms with Crippen LogP contribution in [0.25, 0.3) is 5.57 Å². The van der Waals surface area contributed by atoms with E-state index in [1.807, 2.05) is 0 Å². The Morgan fingerprint density at radius 2 is 1.82 bits per heavy atom. The summed E-state index contributed by atoms with van der Waals surface area (Å²) in [5.41, 5.74) is 5.01. The highest BCUT2D eigenvalue weighted by Crippen LogP contribution is 2.31. The smallest absolute Gasteiger partial charge is 0.183 e. The van der Waals surface area contributed by atoms with Gasteiger partial charge in [-0.05, 0) is 55.3 Å². The van der Waals surface area contributed by atoms with Crippen LogP contribution >= 0.6 is 0 Å². The third-order valence-electron chi connectivity index (χ3n) is 5.90. The van der Waals surface area contributed by atoms with Crippen LogP contribution in [0.5, 0.6) is 0 Å². The van der Waals surface area contributed by atoms with Gasteiger partial charge in [-0.1, -0.05) is 62.6 Å². The quantitative estimate of drug-likeness (QED) is 0.259. The maximum absolute atomic E-state index is 4.41. The number of rotatable bonds is 7. The Morgan fingerprint density at radius 1 is 1.18 bits per heavy atom. The second-order valence-corrected chi connectivity index (χ2v) is 14.2. The fraction of sp³-hybridized carbons (Fsp3) is 0.400.